The van der Waals surface area contributed by atoms with Crippen molar-refractivity contribution in [3.8, 4) is 67.7 Å². The lowest BCUT2D eigenvalue weighted by Gasteiger charge is -2.41. The van der Waals surface area contributed by atoms with Crippen LogP contribution in [-0.4, -0.2) is 19.9 Å². The number of rotatable bonds is 9. The fourth-order valence-corrected chi connectivity index (χ4v) is 10.9. The third-order valence-electron chi connectivity index (χ3n) is 14.0. The molecule has 12 rings (SSSR count). The van der Waals surface area contributed by atoms with Crippen molar-refractivity contribution in [1.29, 1.82) is 0 Å². The van der Waals surface area contributed by atoms with Gasteiger partial charge in [-0.1, -0.05) is 206 Å². The Kier molecular flexibility index (Phi) is 10.5. The van der Waals surface area contributed by atoms with Gasteiger partial charge >= 0.3 is 0 Å². The normalized spacial score (nSPS) is 18.2. The van der Waals surface area contributed by atoms with Crippen LogP contribution in [0.15, 0.2) is 231 Å². The second-order valence-corrected chi connectivity index (χ2v) is 18.0. The van der Waals surface area contributed by atoms with Crippen molar-refractivity contribution in [2.45, 2.75) is 37.0 Å². The number of hydrogen-bond donors (Lipinski definition) is 0. The van der Waals surface area contributed by atoms with E-state index in [-0.39, 0.29) is 11.8 Å². The molecular formula is C63H48N4. The molecule has 3 aliphatic rings. The van der Waals surface area contributed by atoms with Gasteiger partial charge in [0, 0.05) is 33.9 Å². The molecule has 0 N–H and O–H groups in total. The molecule has 7 aromatic carbocycles. The first-order valence-electron chi connectivity index (χ1n) is 23.6. The molecule has 4 nitrogen and oxygen atoms in total. The van der Waals surface area contributed by atoms with Gasteiger partial charge < -0.3 is 0 Å². The zero-order chi connectivity index (χ0) is 44.6. The maximum absolute atomic E-state index is 5.44. The standard InChI is InChI=1S/C63H48N4/c1-7-22-43(23-8-1)49-39-58(44-24-9-2-10-25-44)64-59(40-49)48-31-21-30-47(38-48)53-42-57-54(52-36-19-20-37-56(52)63(57,50-32-15-5-16-33-50)51-34-17-6-18-35-51)41-55(53)62-66-60(45-26-11-3-12-27-45)65-61(67-62)46-28-13-4-14-29-46/h1-5,7-17,19-34,36-37,39-42,48,51H,6,18,35,38H2. The van der Waals surface area contributed by atoms with Gasteiger partial charge in [0.05, 0.1) is 11.1 Å². The van der Waals surface area contributed by atoms with Crippen LogP contribution in [0.3, 0.4) is 0 Å². The van der Waals surface area contributed by atoms with Crippen LogP contribution >= 0.6 is 0 Å². The van der Waals surface area contributed by atoms with Crippen LogP contribution in [0.4, 0.5) is 0 Å². The average molecular weight is 861 g/mol. The van der Waals surface area contributed by atoms with Crippen LogP contribution in [0.25, 0.3) is 73.2 Å². The first kappa shape index (κ1) is 40.4. The average Bonchev–Trinajstić information content (AvgIpc) is 3.72. The highest BCUT2D eigenvalue weighted by Crippen LogP contribution is 2.59. The summed E-state index contributed by atoms with van der Waals surface area (Å²) in [7, 11) is 0. The minimum Gasteiger partial charge on any atom is -0.252 e. The molecule has 3 unspecified atom stereocenters. The smallest absolute Gasteiger partial charge is 0.164 e. The van der Waals surface area contributed by atoms with Crippen molar-refractivity contribution in [2.75, 3.05) is 0 Å². The van der Waals surface area contributed by atoms with E-state index < -0.39 is 5.41 Å². The molecule has 0 bridgehead atoms. The Morgan fingerprint density at radius 1 is 0.433 bits per heavy atom. The number of fused-ring (bicyclic) bond motifs is 3. The maximum Gasteiger partial charge on any atom is 0.164 e. The predicted octanol–water partition coefficient (Wildman–Crippen LogP) is 15.4. The molecule has 0 fully saturated rings. The molecule has 0 saturated carbocycles. The highest BCUT2D eigenvalue weighted by molar-refractivity contribution is 5.92. The molecule has 0 amide bonds. The first-order chi connectivity index (χ1) is 33.2. The highest BCUT2D eigenvalue weighted by Gasteiger charge is 2.50. The third-order valence-corrected chi connectivity index (χ3v) is 14.0. The summed E-state index contributed by atoms with van der Waals surface area (Å²) in [6.45, 7) is 0. The third kappa shape index (κ3) is 7.36. The van der Waals surface area contributed by atoms with Gasteiger partial charge in [0.2, 0.25) is 0 Å². The van der Waals surface area contributed by atoms with Crippen molar-refractivity contribution < 1.29 is 0 Å². The topological polar surface area (TPSA) is 51.6 Å². The van der Waals surface area contributed by atoms with Crippen molar-refractivity contribution in [2.24, 2.45) is 5.92 Å². The van der Waals surface area contributed by atoms with Crippen LogP contribution in [0, 0.1) is 5.92 Å². The molecule has 320 valence electrons. The lowest BCUT2D eigenvalue weighted by atomic mass is 9.61. The second-order valence-electron chi connectivity index (χ2n) is 18.0. The monoisotopic (exact) mass is 860 g/mol. The summed E-state index contributed by atoms with van der Waals surface area (Å²) in [5, 5.41) is 0. The molecule has 4 heteroatoms. The van der Waals surface area contributed by atoms with Crippen molar-refractivity contribution in [3.05, 3.63) is 259 Å². The van der Waals surface area contributed by atoms with Gasteiger partial charge in [-0.15, -0.1) is 0 Å². The summed E-state index contributed by atoms with van der Waals surface area (Å²) >= 11 is 0. The van der Waals surface area contributed by atoms with Gasteiger partial charge in [-0.25, -0.2) is 15.0 Å². The SMILES string of the molecule is C1=CC(c2cc(-c3ccccc3)cc(-c3ccccc3)n2)CC(c2cc3c(cc2-c2nc(-c4ccccc4)nc(-c4ccccc4)n2)-c2ccccc2C3(c2ccccc2)C2C=CCCC2)=C1. The van der Waals surface area contributed by atoms with Crippen LogP contribution in [0.5, 0.6) is 0 Å². The van der Waals surface area contributed by atoms with Crippen molar-refractivity contribution in [3.63, 3.8) is 0 Å². The summed E-state index contributed by atoms with van der Waals surface area (Å²) in [6, 6.07) is 71.6. The predicted molar refractivity (Wildman–Crippen MR) is 274 cm³/mol. The van der Waals surface area contributed by atoms with Gasteiger partial charge in [-0.3, -0.25) is 4.98 Å². The minimum atomic E-state index is -0.401. The molecule has 0 spiro atoms. The Bertz CT molecular complexity index is 3230. The summed E-state index contributed by atoms with van der Waals surface area (Å²) in [5.74, 6) is 2.23. The first-order valence-corrected chi connectivity index (χ1v) is 23.6. The van der Waals surface area contributed by atoms with Gasteiger partial charge in [0.25, 0.3) is 0 Å². The Morgan fingerprint density at radius 2 is 1.03 bits per heavy atom. The number of allylic oxidation sites excluding steroid dienone is 6. The number of benzene rings is 7. The van der Waals surface area contributed by atoms with E-state index >= 15 is 0 Å². The van der Waals surface area contributed by atoms with Gasteiger partial charge in [-0.05, 0) is 106 Å². The zero-order valence-corrected chi connectivity index (χ0v) is 37.2. The minimum absolute atomic E-state index is 0.0164. The molecule has 2 aromatic heterocycles. The summed E-state index contributed by atoms with van der Waals surface area (Å²) in [4.78, 5) is 21.4. The lowest BCUT2D eigenvalue weighted by molar-refractivity contribution is 0.405. The van der Waals surface area contributed by atoms with Crippen LogP contribution in [-0.2, 0) is 5.41 Å². The molecule has 67 heavy (non-hydrogen) atoms. The Morgan fingerprint density at radius 3 is 1.69 bits per heavy atom. The fraction of sp³-hybridized carbons (Fsp3) is 0.111. The molecule has 9 aromatic rings. The Balaban J connectivity index is 1.09. The van der Waals surface area contributed by atoms with E-state index in [9.17, 15) is 0 Å². The lowest BCUT2D eigenvalue weighted by Crippen LogP contribution is -2.36. The molecule has 0 aliphatic heterocycles. The Hall–Kier alpha value is -8.08. The zero-order valence-electron chi connectivity index (χ0n) is 37.2. The van der Waals surface area contributed by atoms with Gasteiger partial charge in [0.1, 0.15) is 0 Å². The highest BCUT2D eigenvalue weighted by atomic mass is 15.0. The van der Waals surface area contributed by atoms with E-state index in [1.54, 1.807) is 0 Å². The van der Waals surface area contributed by atoms with Crippen molar-refractivity contribution >= 4 is 5.57 Å². The van der Waals surface area contributed by atoms with Gasteiger partial charge in [0.15, 0.2) is 17.5 Å². The van der Waals surface area contributed by atoms with Gasteiger partial charge in [-0.2, -0.15) is 0 Å². The Labute approximate surface area is 392 Å². The van der Waals surface area contributed by atoms with Crippen LogP contribution in [0.1, 0.15) is 59.5 Å². The molecule has 0 saturated heterocycles. The van der Waals surface area contributed by atoms with Crippen molar-refractivity contribution in [1.82, 2.24) is 19.9 Å². The number of aromatic nitrogens is 4. The summed E-state index contributed by atoms with van der Waals surface area (Å²) in [5.41, 5.74) is 16.8. The van der Waals surface area contributed by atoms with E-state index in [1.807, 2.05) is 36.4 Å². The largest absolute Gasteiger partial charge is 0.252 e. The maximum atomic E-state index is 5.44. The van der Waals surface area contributed by atoms with E-state index in [1.165, 1.54) is 39.0 Å². The molecule has 3 aliphatic carbocycles. The van der Waals surface area contributed by atoms with Crippen LogP contribution in [0.2, 0.25) is 0 Å². The molecule has 0 radical (unpaired) electrons. The molecule has 3 atom stereocenters. The van der Waals surface area contributed by atoms with E-state index in [4.69, 9.17) is 19.9 Å². The van der Waals surface area contributed by atoms with E-state index in [0.717, 1.165) is 70.5 Å². The number of pyridine rings is 1. The van der Waals surface area contributed by atoms with Crippen LogP contribution < -0.4 is 0 Å². The molecular weight excluding hydrogens is 813 g/mol. The molecule has 2 heterocycles. The number of hydrogen-bond acceptors (Lipinski definition) is 4. The quantitative estimate of drug-likeness (QED) is 0.136. The van der Waals surface area contributed by atoms with E-state index in [0.29, 0.717) is 17.5 Å². The number of nitrogens with zero attached hydrogens (tertiary/aromatic N) is 4. The summed E-state index contributed by atoms with van der Waals surface area (Å²) in [6.07, 6.45) is 15.9. The fourth-order valence-electron chi connectivity index (χ4n) is 10.9. The second kappa shape index (κ2) is 17.4. The summed E-state index contributed by atoms with van der Waals surface area (Å²) < 4.78 is 0. The van der Waals surface area contributed by atoms with E-state index in [2.05, 4.69) is 194 Å².